The number of rotatable bonds is 5. The van der Waals surface area contributed by atoms with Crippen LogP contribution in [-0.4, -0.2) is 22.7 Å². The van der Waals surface area contributed by atoms with Gasteiger partial charge in [0.2, 0.25) is 0 Å². The summed E-state index contributed by atoms with van der Waals surface area (Å²) in [6.07, 6.45) is 4.10. The summed E-state index contributed by atoms with van der Waals surface area (Å²) >= 11 is 0. The van der Waals surface area contributed by atoms with Crippen LogP contribution in [0.3, 0.4) is 0 Å². The van der Waals surface area contributed by atoms with Gasteiger partial charge < -0.3 is 10.4 Å². The predicted octanol–water partition coefficient (Wildman–Crippen LogP) is 1.50. The van der Waals surface area contributed by atoms with E-state index in [1.54, 1.807) is 12.4 Å². The summed E-state index contributed by atoms with van der Waals surface area (Å²) in [5.74, 6) is 0. The Hall–Kier alpha value is -0.930. The third-order valence-electron chi connectivity index (χ3n) is 2.34. The van der Waals surface area contributed by atoms with Crippen LogP contribution in [0.1, 0.15) is 31.9 Å². The average Bonchev–Trinajstić information content (AvgIpc) is 2.26. The number of hydrogen-bond donors (Lipinski definition) is 2. The topological polar surface area (TPSA) is 45.1 Å². The van der Waals surface area contributed by atoms with Crippen molar-refractivity contribution in [1.29, 1.82) is 0 Å². The van der Waals surface area contributed by atoms with E-state index in [2.05, 4.69) is 17.2 Å². The van der Waals surface area contributed by atoms with Crippen LogP contribution in [0.5, 0.6) is 0 Å². The van der Waals surface area contributed by atoms with Gasteiger partial charge in [0, 0.05) is 25.0 Å². The Balaban J connectivity index is 2.39. The SMILES string of the molecule is CCC(O)CN[C@H](C)c1ccncc1. The molecule has 3 heteroatoms. The normalized spacial score (nSPS) is 15.1. The Morgan fingerprint density at radius 1 is 1.43 bits per heavy atom. The first-order valence-electron chi connectivity index (χ1n) is 5.05. The van der Waals surface area contributed by atoms with Gasteiger partial charge in [-0.3, -0.25) is 4.98 Å². The summed E-state index contributed by atoms with van der Waals surface area (Å²) in [6.45, 7) is 4.70. The van der Waals surface area contributed by atoms with Crippen molar-refractivity contribution in [2.75, 3.05) is 6.54 Å². The molecule has 0 spiro atoms. The molecule has 0 bridgehead atoms. The lowest BCUT2D eigenvalue weighted by atomic mass is 10.1. The molecule has 3 nitrogen and oxygen atoms in total. The van der Waals surface area contributed by atoms with E-state index < -0.39 is 0 Å². The molecule has 1 aromatic rings. The van der Waals surface area contributed by atoms with Gasteiger partial charge in [-0.25, -0.2) is 0 Å². The van der Waals surface area contributed by atoms with Crippen molar-refractivity contribution >= 4 is 0 Å². The summed E-state index contributed by atoms with van der Waals surface area (Å²) in [7, 11) is 0. The number of hydrogen-bond acceptors (Lipinski definition) is 3. The van der Waals surface area contributed by atoms with Crippen molar-refractivity contribution in [3.05, 3.63) is 30.1 Å². The van der Waals surface area contributed by atoms with Crippen LogP contribution in [-0.2, 0) is 0 Å². The minimum atomic E-state index is -0.251. The zero-order valence-electron chi connectivity index (χ0n) is 8.77. The average molecular weight is 194 g/mol. The number of nitrogens with zero attached hydrogens (tertiary/aromatic N) is 1. The van der Waals surface area contributed by atoms with E-state index in [-0.39, 0.29) is 12.1 Å². The second-order valence-corrected chi connectivity index (χ2v) is 3.47. The minimum Gasteiger partial charge on any atom is -0.392 e. The molecule has 2 atom stereocenters. The summed E-state index contributed by atoms with van der Waals surface area (Å²) in [4.78, 5) is 3.96. The number of aliphatic hydroxyl groups excluding tert-OH is 1. The van der Waals surface area contributed by atoms with Crippen molar-refractivity contribution in [2.45, 2.75) is 32.4 Å². The van der Waals surface area contributed by atoms with Gasteiger partial charge in [0.15, 0.2) is 0 Å². The van der Waals surface area contributed by atoms with Crippen LogP contribution in [0.25, 0.3) is 0 Å². The number of aromatic nitrogens is 1. The Morgan fingerprint density at radius 3 is 2.64 bits per heavy atom. The first-order valence-corrected chi connectivity index (χ1v) is 5.05. The van der Waals surface area contributed by atoms with Gasteiger partial charge in [0.25, 0.3) is 0 Å². The van der Waals surface area contributed by atoms with Crippen molar-refractivity contribution < 1.29 is 5.11 Å². The maximum absolute atomic E-state index is 9.38. The fourth-order valence-corrected chi connectivity index (χ4v) is 1.23. The molecule has 14 heavy (non-hydrogen) atoms. The molecule has 0 saturated heterocycles. The molecule has 0 saturated carbocycles. The zero-order chi connectivity index (χ0) is 10.4. The van der Waals surface area contributed by atoms with Gasteiger partial charge in [-0.1, -0.05) is 6.92 Å². The van der Waals surface area contributed by atoms with Crippen LogP contribution in [0.2, 0.25) is 0 Å². The zero-order valence-corrected chi connectivity index (χ0v) is 8.77. The van der Waals surface area contributed by atoms with E-state index in [0.29, 0.717) is 6.54 Å². The first-order chi connectivity index (χ1) is 6.74. The third-order valence-corrected chi connectivity index (χ3v) is 2.34. The highest BCUT2D eigenvalue weighted by atomic mass is 16.3. The smallest absolute Gasteiger partial charge is 0.0662 e. The standard InChI is InChI=1S/C11H18N2O/c1-3-11(14)8-13-9(2)10-4-6-12-7-5-10/h4-7,9,11,13-14H,3,8H2,1-2H3/t9-,11?/m1/s1. The van der Waals surface area contributed by atoms with Crippen molar-refractivity contribution in [3.8, 4) is 0 Å². The largest absolute Gasteiger partial charge is 0.392 e. The molecule has 0 aliphatic heterocycles. The predicted molar refractivity (Wildman–Crippen MR) is 57.0 cm³/mol. The van der Waals surface area contributed by atoms with Crippen molar-refractivity contribution in [3.63, 3.8) is 0 Å². The Bertz CT molecular complexity index is 251. The summed E-state index contributed by atoms with van der Waals surface area (Å²) in [6, 6.07) is 4.23. The number of pyridine rings is 1. The monoisotopic (exact) mass is 194 g/mol. The molecule has 1 heterocycles. The lowest BCUT2D eigenvalue weighted by Crippen LogP contribution is -2.28. The van der Waals surface area contributed by atoms with E-state index >= 15 is 0 Å². The highest BCUT2D eigenvalue weighted by molar-refractivity contribution is 5.13. The highest BCUT2D eigenvalue weighted by Crippen LogP contribution is 2.09. The number of aliphatic hydroxyl groups is 1. The van der Waals surface area contributed by atoms with Crippen LogP contribution < -0.4 is 5.32 Å². The maximum atomic E-state index is 9.38. The van der Waals surface area contributed by atoms with Crippen LogP contribution in [0, 0.1) is 0 Å². The second-order valence-electron chi connectivity index (χ2n) is 3.47. The van der Waals surface area contributed by atoms with Gasteiger partial charge in [0.1, 0.15) is 0 Å². The van der Waals surface area contributed by atoms with E-state index in [4.69, 9.17) is 0 Å². The van der Waals surface area contributed by atoms with Crippen LogP contribution in [0.4, 0.5) is 0 Å². The van der Waals surface area contributed by atoms with Gasteiger partial charge in [-0.15, -0.1) is 0 Å². The molecule has 1 unspecified atom stereocenters. The summed E-state index contributed by atoms with van der Waals surface area (Å²) in [5.41, 5.74) is 1.20. The summed E-state index contributed by atoms with van der Waals surface area (Å²) in [5, 5.41) is 12.7. The van der Waals surface area contributed by atoms with Crippen molar-refractivity contribution in [2.24, 2.45) is 0 Å². The fourth-order valence-electron chi connectivity index (χ4n) is 1.23. The molecule has 0 amide bonds. The molecule has 1 aromatic heterocycles. The second kappa shape index (κ2) is 5.73. The number of nitrogens with one attached hydrogen (secondary N) is 1. The molecule has 0 aliphatic carbocycles. The van der Waals surface area contributed by atoms with Gasteiger partial charge in [-0.2, -0.15) is 0 Å². The lowest BCUT2D eigenvalue weighted by molar-refractivity contribution is 0.164. The highest BCUT2D eigenvalue weighted by Gasteiger charge is 2.06. The molecule has 1 rings (SSSR count). The Kier molecular flexibility index (Phi) is 4.56. The van der Waals surface area contributed by atoms with Crippen molar-refractivity contribution in [1.82, 2.24) is 10.3 Å². The molecule has 0 aliphatic rings. The van der Waals surface area contributed by atoms with Gasteiger partial charge >= 0.3 is 0 Å². The van der Waals surface area contributed by atoms with E-state index in [1.165, 1.54) is 5.56 Å². The van der Waals surface area contributed by atoms with Gasteiger partial charge in [0.05, 0.1) is 6.10 Å². The molecular weight excluding hydrogens is 176 g/mol. The molecule has 0 fully saturated rings. The van der Waals surface area contributed by atoms with Gasteiger partial charge in [-0.05, 0) is 31.0 Å². The van der Waals surface area contributed by atoms with E-state index in [0.717, 1.165) is 6.42 Å². The minimum absolute atomic E-state index is 0.251. The quantitative estimate of drug-likeness (QED) is 0.746. The molecule has 2 N–H and O–H groups in total. The maximum Gasteiger partial charge on any atom is 0.0662 e. The fraction of sp³-hybridized carbons (Fsp3) is 0.545. The van der Waals surface area contributed by atoms with Crippen LogP contribution >= 0.6 is 0 Å². The summed E-state index contributed by atoms with van der Waals surface area (Å²) < 4.78 is 0. The third kappa shape index (κ3) is 3.44. The van der Waals surface area contributed by atoms with Crippen LogP contribution in [0.15, 0.2) is 24.5 Å². The Morgan fingerprint density at radius 2 is 2.07 bits per heavy atom. The molecular formula is C11H18N2O. The van der Waals surface area contributed by atoms with E-state index in [9.17, 15) is 5.11 Å². The molecule has 0 aromatic carbocycles. The first kappa shape index (κ1) is 11.1. The lowest BCUT2D eigenvalue weighted by Gasteiger charge is -2.16. The Labute approximate surface area is 85.2 Å². The van der Waals surface area contributed by atoms with E-state index in [1.807, 2.05) is 19.1 Å². The molecule has 0 radical (unpaired) electrons. The molecule has 78 valence electrons.